The Morgan fingerprint density at radius 3 is 2.48 bits per heavy atom. The van der Waals surface area contributed by atoms with Crippen LogP contribution in [0.4, 0.5) is 0 Å². The molecule has 1 atom stereocenters. The van der Waals surface area contributed by atoms with E-state index in [1.165, 1.54) is 0 Å². The third kappa shape index (κ3) is 5.46. The van der Waals surface area contributed by atoms with Gasteiger partial charge in [-0.2, -0.15) is 5.10 Å². The van der Waals surface area contributed by atoms with Crippen molar-refractivity contribution >= 4 is 5.97 Å². The molecule has 33 heavy (non-hydrogen) atoms. The lowest BCUT2D eigenvalue weighted by Crippen LogP contribution is -2.16. The van der Waals surface area contributed by atoms with E-state index in [0.29, 0.717) is 47.1 Å². The monoisotopic (exact) mass is 454 g/mol. The summed E-state index contributed by atoms with van der Waals surface area (Å²) in [5, 5.41) is 24.4. The molecule has 0 spiro atoms. The van der Waals surface area contributed by atoms with Crippen molar-refractivity contribution in [2.24, 2.45) is 0 Å². The number of para-hydroxylation sites is 1. The summed E-state index contributed by atoms with van der Waals surface area (Å²) in [5.74, 6) is 0.835. The third-order valence-corrected chi connectivity index (χ3v) is 5.29. The van der Waals surface area contributed by atoms with Gasteiger partial charge in [0.2, 0.25) is 0 Å². The highest BCUT2D eigenvalue weighted by Gasteiger charge is 2.21. The van der Waals surface area contributed by atoms with Crippen LogP contribution in [0.3, 0.4) is 0 Å². The fourth-order valence-electron chi connectivity index (χ4n) is 3.67. The highest BCUT2D eigenvalue weighted by Crippen LogP contribution is 2.40. The Labute approximate surface area is 193 Å². The predicted molar refractivity (Wildman–Crippen MR) is 125 cm³/mol. The van der Waals surface area contributed by atoms with Crippen molar-refractivity contribution in [3.8, 4) is 39.8 Å². The molecule has 1 unspecified atom stereocenters. The van der Waals surface area contributed by atoms with E-state index < -0.39 is 12.1 Å². The van der Waals surface area contributed by atoms with Crippen molar-refractivity contribution in [1.29, 1.82) is 0 Å². The molecule has 0 aliphatic carbocycles. The molecule has 0 radical (unpaired) electrons. The van der Waals surface area contributed by atoms with Crippen molar-refractivity contribution in [3.05, 3.63) is 48.0 Å². The number of carboxylic acids is 1. The Balaban J connectivity index is 2.21. The van der Waals surface area contributed by atoms with Crippen LogP contribution < -0.4 is 14.2 Å². The maximum absolute atomic E-state index is 11.3. The number of carbonyl (C=O) groups is 1. The van der Waals surface area contributed by atoms with E-state index in [1.54, 1.807) is 37.1 Å². The van der Waals surface area contributed by atoms with Gasteiger partial charge < -0.3 is 24.4 Å². The second kappa shape index (κ2) is 10.9. The number of aliphatic hydroxyl groups is 1. The van der Waals surface area contributed by atoms with Crippen LogP contribution in [0, 0.1) is 0 Å². The summed E-state index contributed by atoms with van der Waals surface area (Å²) in [6, 6.07) is 12.8. The summed E-state index contributed by atoms with van der Waals surface area (Å²) in [7, 11) is 3.15. The van der Waals surface area contributed by atoms with Crippen LogP contribution in [-0.4, -0.2) is 52.9 Å². The van der Waals surface area contributed by atoms with E-state index in [-0.39, 0.29) is 13.0 Å². The quantitative estimate of drug-likeness (QED) is 0.451. The number of rotatable bonds is 11. The van der Waals surface area contributed by atoms with Crippen LogP contribution in [0.2, 0.25) is 0 Å². The number of aliphatic hydroxyl groups excluding tert-OH is 1. The Kier molecular flexibility index (Phi) is 7.95. The smallest absolute Gasteiger partial charge is 0.307 e. The molecule has 2 N–H and O–H groups in total. The Morgan fingerprint density at radius 1 is 1.06 bits per heavy atom. The molecule has 8 nitrogen and oxygen atoms in total. The highest BCUT2D eigenvalue weighted by molar-refractivity contribution is 5.78. The molecule has 0 saturated carbocycles. The fraction of sp³-hybridized carbons (Fsp3) is 0.360. The molecule has 2 aromatic carbocycles. The van der Waals surface area contributed by atoms with Gasteiger partial charge in [-0.3, -0.25) is 9.48 Å². The number of aromatic nitrogens is 2. The summed E-state index contributed by atoms with van der Waals surface area (Å²) in [4.78, 5) is 11.3. The molecule has 0 aliphatic rings. The van der Waals surface area contributed by atoms with Gasteiger partial charge in [-0.15, -0.1) is 0 Å². The van der Waals surface area contributed by atoms with Gasteiger partial charge in [0.25, 0.3) is 0 Å². The molecule has 0 fully saturated rings. The van der Waals surface area contributed by atoms with Gasteiger partial charge in [0.1, 0.15) is 5.75 Å². The van der Waals surface area contributed by atoms with Crippen LogP contribution in [0.1, 0.15) is 25.8 Å². The SMILES string of the molecule is CCOc1ccc(CC(=O)O)cc1-c1cc(-c2cccc(OC)c2OC)n(CC(O)CC)n1. The topological polar surface area (TPSA) is 103 Å². The van der Waals surface area contributed by atoms with E-state index in [9.17, 15) is 15.0 Å². The van der Waals surface area contributed by atoms with Crippen molar-refractivity contribution in [1.82, 2.24) is 9.78 Å². The van der Waals surface area contributed by atoms with Gasteiger partial charge in [0.05, 0.1) is 51.3 Å². The summed E-state index contributed by atoms with van der Waals surface area (Å²) in [5.41, 5.74) is 3.43. The van der Waals surface area contributed by atoms with E-state index in [4.69, 9.17) is 19.3 Å². The predicted octanol–water partition coefficient (Wildman–Crippen LogP) is 4.03. The van der Waals surface area contributed by atoms with Crippen LogP contribution in [0.5, 0.6) is 17.2 Å². The molecule has 3 rings (SSSR count). The van der Waals surface area contributed by atoms with Gasteiger partial charge in [0.15, 0.2) is 11.5 Å². The molecule has 1 heterocycles. The molecule has 1 aromatic heterocycles. The Hall–Kier alpha value is -3.52. The first-order valence-corrected chi connectivity index (χ1v) is 10.9. The first-order valence-electron chi connectivity index (χ1n) is 10.9. The molecule has 176 valence electrons. The number of hydrogen-bond donors (Lipinski definition) is 2. The zero-order valence-electron chi connectivity index (χ0n) is 19.4. The first kappa shape index (κ1) is 24.1. The largest absolute Gasteiger partial charge is 0.493 e. The van der Waals surface area contributed by atoms with E-state index in [0.717, 1.165) is 11.3 Å². The van der Waals surface area contributed by atoms with Crippen molar-refractivity contribution in [2.75, 3.05) is 20.8 Å². The Bertz CT molecular complexity index is 1110. The lowest BCUT2D eigenvalue weighted by molar-refractivity contribution is -0.136. The number of carboxylic acid groups (broad SMARTS) is 1. The second-order valence-corrected chi connectivity index (χ2v) is 7.53. The van der Waals surface area contributed by atoms with Crippen LogP contribution in [0.15, 0.2) is 42.5 Å². The molecule has 0 bridgehead atoms. The molecular formula is C25H30N2O6. The average Bonchev–Trinajstić information content (AvgIpc) is 3.22. The number of hydrogen-bond acceptors (Lipinski definition) is 6. The Morgan fingerprint density at radius 2 is 1.85 bits per heavy atom. The van der Waals surface area contributed by atoms with Gasteiger partial charge in [-0.05, 0) is 49.2 Å². The molecule has 3 aromatic rings. The van der Waals surface area contributed by atoms with Gasteiger partial charge >= 0.3 is 5.97 Å². The van der Waals surface area contributed by atoms with Crippen molar-refractivity contribution in [3.63, 3.8) is 0 Å². The minimum atomic E-state index is -0.913. The minimum Gasteiger partial charge on any atom is -0.493 e. The van der Waals surface area contributed by atoms with Crippen LogP contribution >= 0.6 is 0 Å². The fourth-order valence-corrected chi connectivity index (χ4v) is 3.67. The molecule has 0 aliphatic heterocycles. The zero-order chi connectivity index (χ0) is 24.0. The molecule has 0 saturated heterocycles. The number of nitrogens with zero attached hydrogens (tertiary/aromatic N) is 2. The van der Waals surface area contributed by atoms with Crippen LogP contribution in [-0.2, 0) is 17.8 Å². The number of ether oxygens (including phenoxy) is 3. The standard InChI is InChI=1S/C25H30N2O6/c1-5-17(28)15-27-21(18-8-7-9-23(31-3)25(18)32-4)14-20(26-27)19-12-16(13-24(29)30)10-11-22(19)33-6-2/h7-12,14,17,28H,5-6,13,15H2,1-4H3,(H,29,30). The number of aliphatic carboxylic acids is 1. The van der Waals surface area contributed by atoms with E-state index in [2.05, 4.69) is 0 Å². The third-order valence-electron chi connectivity index (χ3n) is 5.29. The maximum Gasteiger partial charge on any atom is 0.307 e. The van der Waals surface area contributed by atoms with Gasteiger partial charge in [0, 0.05) is 11.1 Å². The second-order valence-electron chi connectivity index (χ2n) is 7.53. The summed E-state index contributed by atoms with van der Waals surface area (Å²) in [6.07, 6.45) is -0.120. The molecule has 0 amide bonds. The number of methoxy groups -OCH3 is 2. The lowest BCUT2D eigenvalue weighted by Gasteiger charge is -2.15. The van der Waals surface area contributed by atoms with E-state index in [1.807, 2.05) is 38.1 Å². The van der Waals surface area contributed by atoms with Gasteiger partial charge in [-0.1, -0.05) is 19.1 Å². The first-order chi connectivity index (χ1) is 15.9. The minimum absolute atomic E-state index is 0.106. The summed E-state index contributed by atoms with van der Waals surface area (Å²) in [6.45, 7) is 4.53. The van der Waals surface area contributed by atoms with Gasteiger partial charge in [-0.25, -0.2) is 0 Å². The maximum atomic E-state index is 11.3. The lowest BCUT2D eigenvalue weighted by atomic mass is 10.0. The summed E-state index contributed by atoms with van der Waals surface area (Å²) < 4.78 is 18.6. The highest BCUT2D eigenvalue weighted by atomic mass is 16.5. The van der Waals surface area contributed by atoms with Crippen molar-refractivity contribution in [2.45, 2.75) is 39.3 Å². The van der Waals surface area contributed by atoms with E-state index >= 15 is 0 Å². The molecule has 8 heteroatoms. The van der Waals surface area contributed by atoms with Crippen LogP contribution in [0.25, 0.3) is 22.5 Å². The average molecular weight is 455 g/mol. The zero-order valence-corrected chi connectivity index (χ0v) is 19.4. The number of benzene rings is 2. The normalized spacial score (nSPS) is 11.8. The summed E-state index contributed by atoms with van der Waals surface area (Å²) >= 11 is 0. The molecular weight excluding hydrogens is 424 g/mol. The van der Waals surface area contributed by atoms with Crippen molar-refractivity contribution < 1.29 is 29.2 Å².